The number of aromatic nitrogens is 3. The van der Waals surface area contributed by atoms with Crippen molar-refractivity contribution in [2.45, 2.75) is 46.1 Å². The van der Waals surface area contributed by atoms with Crippen molar-refractivity contribution in [1.82, 2.24) is 20.0 Å². The summed E-state index contributed by atoms with van der Waals surface area (Å²) in [7, 11) is 0. The van der Waals surface area contributed by atoms with Gasteiger partial charge in [0.25, 0.3) is 5.89 Å². The zero-order chi connectivity index (χ0) is 19.0. The number of nitrogens with zero attached hydrogens (tertiary/aromatic N) is 5. The Hall–Kier alpha value is -2.44. The summed E-state index contributed by atoms with van der Waals surface area (Å²) in [5.41, 5.74) is 0.806. The van der Waals surface area contributed by atoms with E-state index in [0.717, 1.165) is 24.5 Å². The summed E-state index contributed by atoms with van der Waals surface area (Å²) in [5, 5.41) is 3.82. The van der Waals surface area contributed by atoms with Crippen LogP contribution in [0.4, 0.5) is 5.82 Å². The molecule has 2 aromatic rings. The molecule has 0 spiro atoms. The van der Waals surface area contributed by atoms with Crippen LogP contribution in [0.2, 0.25) is 0 Å². The number of carbonyl (C=O) groups excluding carboxylic acids is 1. The Morgan fingerprint density at radius 1 is 1.30 bits per heavy atom. The molecule has 0 bridgehead atoms. The van der Waals surface area contributed by atoms with Crippen LogP contribution in [0.1, 0.15) is 38.9 Å². The quantitative estimate of drug-likeness (QED) is 0.807. The van der Waals surface area contributed by atoms with Gasteiger partial charge in [-0.2, -0.15) is 4.98 Å². The molecule has 7 heteroatoms. The van der Waals surface area contributed by atoms with Crippen molar-refractivity contribution in [1.29, 1.82) is 0 Å². The lowest BCUT2D eigenvalue weighted by Crippen LogP contribution is -2.47. The smallest absolute Gasteiger partial charge is 0.259 e. The van der Waals surface area contributed by atoms with E-state index in [9.17, 15) is 4.79 Å². The molecule has 144 valence electrons. The third-order valence-electron chi connectivity index (χ3n) is 5.49. The van der Waals surface area contributed by atoms with Gasteiger partial charge in [-0.3, -0.25) is 4.79 Å². The number of rotatable bonds is 5. The molecular formula is C20H27N5O2. The van der Waals surface area contributed by atoms with E-state index in [1.807, 2.05) is 12.1 Å². The molecule has 2 fully saturated rings. The van der Waals surface area contributed by atoms with Gasteiger partial charge in [-0.15, -0.1) is 0 Å². The molecule has 1 atom stereocenters. The van der Waals surface area contributed by atoms with Crippen LogP contribution in [0.15, 0.2) is 22.9 Å². The molecular weight excluding hydrogens is 342 g/mol. The Balaban J connectivity index is 1.53. The van der Waals surface area contributed by atoms with Gasteiger partial charge in [-0.25, -0.2) is 4.98 Å². The number of hydrogen-bond donors (Lipinski definition) is 0. The van der Waals surface area contributed by atoms with Crippen LogP contribution in [-0.4, -0.2) is 51.6 Å². The lowest BCUT2D eigenvalue weighted by atomic mass is 10.0. The fourth-order valence-electron chi connectivity index (χ4n) is 3.68. The number of hydrogen-bond acceptors (Lipinski definition) is 6. The first-order chi connectivity index (χ1) is 13.0. The van der Waals surface area contributed by atoms with Crippen molar-refractivity contribution in [3.8, 4) is 11.5 Å². The summed E-state index contributed by atoms with van der Waals surface area (Å²) < 4.78 is 5.21. The predicted molar refractivity (Wildman–Crippen MR) is 102 cm³/mol. The molecule has 27 heavy (non-hydrogen) atoms. The van der Waals surface area contributed by atoms with Crippen molar-refractivity contribution in [2.24, 2.45) is 11.8 Å². The Kier molecular flexibility index (Phi) is 4.85. The van der Waals surface area contributed by atoms with Gasteiger partial charge < -0.3 is 14.3 Å². The Bertz CT molecular complexity index is 797. The third-order valence-corrected chi connectivity index (χ3v) is 5.49. The number of anilines is 1. The largest absolute Gasteiger partial charge is 0.354 e. The van der Waals surface area contributed by atoms with E-state index >= 15 is 0 Å². The minimum atomic E-state index is 0.223. The van der Waals surface area contributed by atoms with Gasteiger partial charge in [-0.05, 0) is 43.7 Å². The van der Waals surface area contributed by atoms with E-state index in [4.69, 9.17) is 4.52 Å². The molecule has 1 aliphatic heterocycles. The maximum Gasteiger partial charge on any atom is 0.259 e. The van der Waals surface area contributed by atoms with Gasteiger partial charge in [0.1, 0.15) is 5.82 Å². The van der Waals surface area contributed by atoms with Gasteiger partial charge in [-0.1, -0.05) is 19.0 Å². The average molecular weight is 369 g/mol. The minimum absolute atomic E-state index is 0.223. The fraction of sp³-hybridized carbons (Fsp3) is 0.600. The number of aryl methyl sites for hydroxylation is 1. The van der Waals surface area contributed by atoms with Gasteiger partial charge in [0.05, 0.1) is 11.6 Å². The normalized spacial score (nSPS) is 21.0. The molecule has 3 heterocycles. The topological polar surface area (TPSA) is 75.4 Å². The molecule has 0 unspecified atom stereocenters. The summed E-state index contributed by atoms with van der Waals surface area (Å²) in [5.74, 6) is 3.37. The highest BCUT2D eigenvalue weighted by Crippen LogP contribution is 2.32. The van der Waals surface area contributed by atoms with Crippen LogP contribution < -0.4 is 4.90 Å². The highest BCUT2D eigenvalue weighted by Gasteiger charge is 2.35. The van der Waals surface area contributed by atoms with Crippen molar-refractivity contribution in [2.75, 3.05) is 24.5 Å². The van der Waals surface area contributed by atoms with E-state index in [0.29, 0.717) is 36.5 Å². The Labute approximate surface area is 159 Å². The first kappa shape index (κ1) is 17.9. The highest BCUT2D eigenvalue weighted by atomic mass is 16.5. The van der Waals surface area contributed by atoms with Crippen LogP contribution in [0.25, 0.3) is 11.5 Å². The van der Waals surface area contributed by atoms with Crippen molar-refractivity contribution >= 4 is 11.7 Å². The van der Waals surface area contributed by atoms with Gasteiger partial charge in [0, 0.05) is 32.3 Å². The second kappa shape index (κ2) is 7.29. The minimum Gasteiger partial charge on any atom is -0.354 e. The summed E-state index contributed by atoms with van der Waals surface area (Å²) in [4.78, 5) is 26.0. The lowest BCUT2D eigenvalue weighted by Gasteiger charge is -2.35. The Morgan fingerprint density at radius 2 is 2.11 bits per heavy atom. The van der Waals surface area contributed by atoms with Crippen LogP contribution >= 0.6 is 0 Å². The number of carbonyl (C=O) groups is 1. The van der Waals surface area contributed by atoms with Crippen molar-refractivity contribution < 1.29 is 9.32 Å². The van der Waals surface area contributed by atoms with Crippen LogP contribution in [0, 0.1) is 18.8 Å². The van der Waals surface area contributed by atoms with E-state index < -0.39 is 0 Å². The summed E-state index contributed by atoms with van der Waals surface area (Å²) in [6, 6.07) is 4.16. The standard InChI is InChI=1S/C20H27N5O2/c1-13(2)17-12-24(9-8-19(26)25(17)11-15-4-5-15)18-7-6-16(10-21-18)20-22-14(3)23-27-20/h6-7,10,13,15,17H,4-5,8-9,11-12H2,1-3H3/t17-/m1/s1. The monoisotopic (exact) mass is 369 g/mol. The second-order valence-corrected chi connectivity index (χ2v) is 8.05. The van der Waals surface area contributed by atoms with Gasteiger partial charge >= 0.3 is 0 Å². The molecule has 2 aliphatic rings. The van der Waals surface area contributed by atoms with E-state index in [1.54, 1.807) is 13.1 Å². The van der Waals surface area contributed by atoms with Gasteiger partial charge in [0.2, 0.25) is 5.91 Å². The van der Waals surface area contributed by atoms with E-state index in [-0.39, 0.29) is 11.9 Å². The highest BCUT2D eigenvalue weighted by molar-refractivity contribution is 5.78. The second-order valence-electron chi connectivity index (χ2n) is 8.05. The maximum atomic E-state index is 12.8. The molecule has 0 radical (unpaired) electrons. The molecule has 1 amide bonds. The first-order valence-corrected chi connectivity index (χ1v) is 9.82. The predicted octanol–water partition coefficient (Wildman–Crippen LogP) is 2.91. The SMILES string of the molecule is Cc1noc(-c2ccc(N3CCC(=O)N(CC4CC4)[C@@H](C(C)C)C3)nc2)n1. The maximum absolute atomic E-state index is 12.8. The average Bonchev–Trinajstić information content (AvgIpc) is 3.40. The van der Waals surface area contributed by atoms with Gasteiger partial charge in [0.15, 0.2) is 5.82 Å². The zero-order valence-electron chi connectivity index (χ0n) is 16.3. The number of pyridine rings is 1. The molecule has 1 saturated heterocycles. The summed E-state index contributed by atoms with van der Waals surface area (Å²) in [6.07, 6.45) is 4.83. The lowest BCUT2D eigenvalue weighted by molar-refractivity contribution is -0.133. The number of amides is 1. The summed E-state index contributed by atoms with van der Waals surface area (Å²) >= 11 is 0. The van der Waals surface area contributed by atoms with Crippen LogP contribution in [0.3, 0.4) is 0 Å². The molecule has 0 aromatic carbocycles. The molecule has 7 nitrogen and oxygen atoms in total. The van der Waals surface area contributed by atoms with Crippen LogP contribution in [-0.2, 0) is 4.79 Å². The van der Waals surface area contributed by atoms with E-state index in [2.05, 4.69) is 38.8 Å². The molecule has 4 rings (SSSR count). The first-order valence-electron chi connectivity index (χ1n) is 9.82. The third kappa shape index (κ3) is 3.96. The molecule has 0 N–H and O–H groups in total. The molecule has 2 aromatic heterocycles. The van der Waals surface area contributed by atoms with Crippen LogP contribution in [0.5, 0.6) is 0 Å². The fourth-order valence-corrected chi connectivity index (χ4v) is 3.68. The van der Waals surface area contributed by atoms with Crippen molar-refractivity contribution in [3.63, 3.8) is 0 Å². The zero-order valence-corrected chi connectivity index (χ0v) is 16.3. The Morgan fingerprint density at radius 3 is 2.70 bits per heavy atom. The molecule has 1 saturated carbocycles. The van der Waals surface area contributed by atoms with E-state index in [1.165, 1.54) is 12.8 Å². The van der Waals surface area contributed by atoms with Crippen molar-refractivity contribution in [3.05, 3.63) is 24.2 Å². The summed E-state index contributed by atoms with van der Waals surface area (Å²) in [6.45, 7) is 8.64. The molecule has 1 aliphatic carbocycles.